The topological polar surface area (TPSA) is 78.5 Å². The van der Waals surface area contributed by atoms with Crippen LogP contribution >= 0.6 is 34.8 Å². The highest BCUT2D eigenvalue weighted by Gasteiger charge is 2.40. The van der Waals surface area contributed by atoms with Gasteiger partial charge < -0.3 is 10.6 Å². The van der Waals surface area contributed by atoms with Gasteiger partial charge in [0.25, 0.3) is 17.7 Å². The van der Waals surface area contributed by atoms with E-state index in [1.807, 2.05) is 19.1 Å². The van der Waals surface area contributed by atoms with Crippen LogP contribution in [0.4, 0.5) is 17.1 Å². The summed E-state index contributed by atoms with van der Waals surface area (Å²) in [5.74, 6) is -1.76. The van der Waals surface area contributed by atoms with Crippen LogP contribution in [0.15, 0.2) is 77.5 Å². The summed E-state index contributed by atoms with van der Waals surface area (Å²) < 4.78 is 0. The molecule has 1 aliphatic rings. The highest BCUT2D eigenvalue weighted by molar-refractivity contribution is 6.54. The molecule has 0 bridgehead atoms. The molecule has 4 rings (SSSR count). The van der Waals surface area contributed by atoms with Crippen molar-refractivity contribution in [3.8, 4) is 0 Å². The molecule has 1 heterocycles. The van der Waals surface area contributed by atoms with E-state index in [0.29, 0.717) is 22.0 Å². The molecule has 3 aromatic rings. The molecule has 2 N–H and O–H groups in total. The number of anilines is 3. The van der Waals surface area contributed by atoms with Crippen molar-refractivity contribution in [1.82, 2.24) is 0 Å². The number of hydrogen-bond acceptors (Lipinski definition) is 4. The maximum atomic E-state index is 13.0. The molecule has 3 amide bonds. The average molecular weight is 501 g/mol. The molecule has 0 unspecified atom stereocenters. The Morgan fingerprint density at radius 1 is 0.848 bits per heavy atom. The summed E-state index contributed by atoms with van der Waals surface area (Å²) in [6.45, 7) is 1.96. The maximum absolute atomic E-state index is 13.0. The van der Waals surface area contributed by atoms with Crippen LogP contribution in [0, 0.1) is 6.92 Å². The Hall–Kier alpha value is -3.32. The standard InChI is InChI=1S/C24H16Cl3N3O3/c1-13-5-8-16(9-6-13)29-22(31)14-3-2-4-17(11-14)28-21-20(27)23(32)30(24(21)33)19-12-15(25)7-10-18(19)26/h2-12,28H,1H3,(H,29,31). The van der Waals surface area contributed by atoms with Gasteiger partial charge in [-0.05, 0) is 55.5 Å². The van der Waals surface area contributed by atoms with Crippen LogP contribution in [0.1, 0.15) is 15.9 Å². The van der Waals surface area contributed by atoms with Gasteiger partial charge in [0, 0.05) is 22.0 Å². The van der Waals surface area contributed by atoms with Crippen molar-refractivity contribution in [2.45, 2.75) is 6.92 Å². The summed E-state index contributed by atoms with van der Waals surface area (Å²) in [6, 6.07) is 18.3. The van der Waals surface area contributed by atoms with Crippen molar-refractivity contribution >= 4 is 69.6 Å². The molecular formula is C24H16Cl3N3O3. The van der Waals surface area contributed by atoms with Crippen molar-refractivity contribution < 1.29 is 14.4 Å². The quantitative estimate of drug-likeness (QED) is 0.422. The van der Waals surface area contributed by atoms with E-state index in [4.69, 9.17) is 34.8 Å². The molecule has 3 aromatic carbocycles. The lowest BCUT2D eigenvalue weighted by Gasteiger charge is -2.17. The van der Waals surface area contributed by atoms with E-state index in [1.54, 1.807) is 42.5 Å². The van der Waals surface area contributed by atoms with Gasteiger partial charge in [-0.25, -0.2) is 4.90 Å². The van der Waals surface area contributed by atoms with Crippen LogP contribution in [0.3, 0.4) is 0 Å². The molecule has 0 aliphatic carbocycles. The third-order valence-electron chi connectivity index (χ3n) is 4.88. The first-order chi connectivity index (χ1) is 15.7. The largest absolute Gasteiger partial charge is 0.350 e. The fourth-order valence-corrected chi connectivity index (χ4v) is 3.79. The normalized spacial score (nSPS) is 13.5. The van der Waals surface area contributed by atoms with Crippen molar-refractivity contribution in [2.75, 3.05) is 15.5 Å². The van der Waals surface area contributed by atoms with E-state index in [-0.39, 0.29) is 27.3 Å². The lowest BCUT2D eigenvalue weighted by atomic mass is 10.1. The Morgan fingerprint density at radius 2 is 1.58 bits per heavy atom. The van der Waals surface area contributed by atoms with Gasteiger partial charge in [0.2, 0.25) is 0 Å². The lowest BCUT2D eigenvalue weighted by molar-refractivity contribution is -0.120. The van der Waals surface area contributed by atoms with E-state index in [0.717, 1.165) is 10.5 Å². The number of nitrogens with zero attached hydrogens (tertiary/aromatic N) is 1. The zero-order valence-electron chi connectivity index (χ0n) is 17.2. The number of benzene rings is 3. The number of hydrogen-bond donors (Lipinski definition) is 2. The molecule has 1 aliphatic heterocycles. The second kappa shape index (κ2) is 9.27. The van der Waals surface area contributed by atoms with Crippen LogP contribution in [0.25, 0.3) is 0 Å². The van der Waals surface area contributed by atoms with E-state index >= 15 is 0 Å². The van der Waals surface area contributed by atoms with Gasteiger partial charge >= 0.3 is 0 Å². The molecular weight excluding hydrogens is 485 g/mol. The summed E-state index contributed by atoms with van der Waals surface area (Å²) in [4.78, 5) is 39.2. The van der Waals surface area contributed by atoms with Gasteiger partial charge in [-0.3, -0.25) is 14.4 Å². The Morgan fingerprint density at radius 3 is 2.30 bits per heavy atom. The SMILES string of the molecule is Cc1ccc(NC(=O)c2cccc(NC3=C(Cl)C(=O)N(c4cc(Cl)ccc4Cl)C3=O)c2)cc1. The minimum atomic E-state index is -0.735. The predicted molar refractivity (Wildman–Crippen MR) is 131 cm³/mol. The van der Waals surface area contributed by atoms with E-state index in [9.17, 15) is 14.4 Å². The van der Waals surface area contributed by atoms with Crippen molar-refractivity contribution in [3.63, 3.8) is 0 Å². The van der Waals surface area contributed by atoms with Crippen LogP contribution in [0.5, 0.6) is 0 Å². The molecule has 6 nitrogen and oxygen atoms in total. The van der Waals surface area contributed by atoms with Gasteiger partial charge in [-0.15, -0.1) is 0 Å². The molecule has 166 valence electrons. The second-order valence-corrected chi connectivity index (χ2v) is 8.48. The van der Waals surface area contributed by atoms with Crippen LogP contribution in [-0.4, -0.2) is 17.7 Å². The minimum absolute atomic E-state index is 0.125. The number of aryl methyl sites for hydroxylation is 1. The van der Waals surface area contributed by atoms with Crippen molar-refractivity contribution in [2.24, 2.45) is 0 Å². The van der Waals surface area contributed by atoms with Crippen molar-refractivity contribution in [3.05, 3.63) is 98.6 Å². The Labute approximate surface area is 204 Å². The smallest absolute Gasteiger partial charge is 0.283 e. The molecule has 0 fully saturated rings. The zero-order chi connectivity index (χ0) is 23.7. The van der Waals surface area contributed by atoms with E-state index in [2.05, 4.69) is 10.6 Å². The molecule has 0 saturated heterocycles. The van der Waals surface area contributed by atoms with Gasteiger partial charge in [0.15, 0.2) is 0 Å². The summed E-state index contributed by atoms with van der Waals surface area (Å²) in [6.07, 6.45) is 0. The number of rotatable bonds is 5. The first-order valence-corrected chi connectivity index (χ1v) is 10.9. The molecule has 0 saturated carbocycles. The third kappa shape index (κ3) is 4.73. The molecule has 33 heavy (non-hydrogen) atoms. The van der Waals surface area contributed by atoms with Crippen molar-refractivity contribution in [1.29, 1.82) is 0 Å². The summed E-state index contributed by atoms with van der Waals surface area (Å²) in [7, 11) is 0. The Kier molecular flexibility index (Phi) is 6.42. The second-order valence-electron chi connectivity index (χ2n) is 7.26. The van der Waals surface area contributed by atoms with Gasteiger partial charge in [-0.1, -0.05) is 58.6 Å². The number of halogens is 3. The van der Waals surface area contributed by atoms with Crippen LogP contribution in [0.2, 0.25) is 10.0 Å². The summed E-state index contributed by atoms with van der Waals surface area (Å²) in [5, 5.41) is 5.83. The maximum Gasteiger partial charge on any atom is 0.283 e. The predicted octanol–water partition coefficient (Wildman–Crippen LogP) is 5.99. The third-order valence-corrected chi connectivity index (χ3v) is 5.79. The lowest BCUT2D eigenvalue weighted by Crippen LogP contribution is -2.32. The number of carbonyl (C=O) groups excluding carboxylic acids is 3. The highest BCUT2D eigenvalue weighted by Crippen LogP contribution is 2.35. The first-order valence-electron chi connectivity index (χ1n) is 9.73. The average Bonchev–Trinajstić information content (AvgIpc) is 3.00. The molecule has 0 atom stereocenters. The molecule has 0 spiro atoms. The minimum Gasteiger partial charge on any atom is -0.350 e. The highest BCUT2D eigenvalue weighted by atomic mass is 35.5. The molecule has 0 aromatic heterocycles. The van der Waals surface area contributed by atoms with Gasteiger partial charge in [0.1, 0.15) is 10.7 Å². The Balaban J connectivity index is 1.56. The first kappa shape index (κ1) is 22.9. The fourth-order valence-electron chi connectivity index (χ4n) is 3.21. The zero-order valence-corrected chi connectivity index (χ0v) is 19.4. The molecule has 9 heteroatoms. The number of carbonyl (C=O) groups is 3. The summed E-state index contributed by atoms with van der Waals surface area (Å²) in [5.41, 5.74) is 2.48. The van der Waals surface area contributed by atoms with Gasteiger partial charge in [-0.2, -0.15) is 0 Å². The van der Waals surface area contributed by atoms with Crippen LogP contribution < -0.4 is 15.5 Å². The van der Waals surface area contributed by atoms with Gasteiger partial charge in [0.05, 0.1) is 10.7 Å². The molecule has 0 radical (unpaired) electrons. The Bertz CT molecular complexity index is 1320. The number of amides is 3. The van der Waals surface area contributed by atoms with Crippen LogP contribution in [-0.2, 0) is 9.59 Å². The number of nitrogens with one attached hydrogen (secondary N) is 2. The monoisotopic (exact) mass is 499 g/mol. The number of imide groups is 1. The fraction of sp³-hybridized carbons (Fsp3) is 0.0417. The van der Waals surface area contributed by atoms with E-state index in [1.165, 1.54) is 12.1 Å². The summed E-state index contributed by atoms with van der Waals surface area (Å²) >= 11 is 18.3. The van der Waals surface area contributed by atoms with E-state index < -0.39 is 11.8 Å².